The summed E-state index contributed by atoms with van der Waals surface area (Å²) in [6.07, 6.45) is 0.409. The largest absolute Gasteiger partial charge is 0.207 e. The third-order valence-corrected chi connectivity index (χ3v) is 3.85. The average molecular weight is 281 g/mol. The zero-order valence-electron chi connectivity index (χ0n) is 10.6. The minimum absolute atomic E-state index is 0.0142. The molecule has 0 fully saturated rings. The molecular formula is C16H15ClF2. The van der Waals surface area contributed by atoms with Gasteiger partial charge in [-0.2, -0.15) is 0 Å². The van der Waals surface area contributed by atoms with Gasteiger partial charge in [0, 0.05) is 0 Å². The van der Waals surface area contributed by atoms with E-state index < -0.39 is 5.82 Å². The van der Waals surface area contributed by atoms with Crippen molar-refractivity contribution < 1.29 is 8.78 Å². The first kappa shape index (κ1) is 14.0. The number of rotatable bonds is 4. The van der Waals surface area contributed by atoms with Gasteiger partial charge in [-0.05, 0) is 41.7 Å². The van der Waals surface area contributed by atoms with Gasteiger partial charge in [0.05, 0.1) is 5.38 Å². The zero-order chi connectivity index (χ0) is 13.8. The highest BCUT2D eigenvalue weighted by molar-refractivity contribution is 6.21. The van der Waals surface area contributed by atoms with Crippen LogP contribution < -0.4 is 0 Å². The molecule has 19 heavy (non-hydrogen) atoms. The summed E-state index contributed by atoms with van der Waals surface area (Å²) in [7, 11) is 0. The van der Waals surface area contributed by atoms with Crippen molar-refractivity contribution in [2.45, 2.75) is 18.7 Å². The van der Waals surface area contributed by atoms with Gasteiger partial charge >= 0.3 is 0 Å². The second-order valence-corrected chi connectivity index (χ2v) is 5.20. The van der Waals surface area contributed by atoms with Crippen LogP contribution in [0.2, 0.25) is 0 Å². The van der Waals surface area contributed by atoms with Crippen LogP contribution in [0.3, 0.4) is 0 Å². The van der Waals surface area contributed by atoms with Crippen molar-refractivity contribution in [1.29, 1.82) is 0 Å². The van der Waals surface area contributed by atoms with Gasteiger partial charge in [-0.1, -0.05) is 37.3 Å². The van der Waals surface area contributed by atoms with Crippen LogP contribution >= 0.6 is 11.6 Å². The molecule has 100 valence electrons. The number of halogens is 3. The van der Waals surface area contributed by atoms with Crippen LogP contribution in [0, 0.1) is 17.6 Å². The lowest BCUT2D eigenvalue weighted by Crippen LogP contribution is -2.09. The van der Waals surface area contributed by atoms with Crippen molar-refractivity contribution in [2.75, 3.05) is 0 Å². The Morgan fingerprint density at radius 1 is 1.05 bits per heavy atom. The zero-order valence-corrected chi connectivity index (χ0v) is 11.4. The Bertz CT molecular complexity index is 540. The molecule has 0 saturated carbocycles. The van der Waals surface area contributed by atoms with E-state index in [1.54, 1.807) is 0 Å². The smallest absolute Gasteiger partial charge is 0.126 e. The van der Waals surface area contributed by atoms with Crippen LogP contribution in [-0.4, -0.2) is 0 Å². The molecule has 0 spiro atoms. The summed E-state index contributed by atoms with van der Waals surface area (Å²) in [6.45, 7) is 1.94. The number of hydrogen-bond acceptors (Lipinski definition) is 0. The summed E-state index contributed by atoms with van der Waals surface area (Å²) < 4.78 is 26.7. The number of alkyl halides is 1. The normalized spacial score (nSPS) is 14.1. The Kier molecular flexibility index (Phi) is 4.54. The maximum absolute atomic E-state index is 13.6. The first-order chi connectivity index (χ1) is 9.08. The van der Waals surface area contributed by atoms with E-state index in [2.05, 4.69) is 0 Å². The first-order valence-electron chi connectivity index (χ1n) is 6.21. The molecule has 0 bridgehead atoms. The van der Waals surface area contributed by atoms with Crippen molar-refractivity contribution in [3.63, 3.8) is 0 Å². The highest BCUT2D eigenvalue weighted by Gasteiger charge is 2.18. The summed E-state index contributed by atoms with van der Waals surface area (Å²) >= 11 is 6.38. The molecule has 0 aliphatic carbocycles. The van der Waals surface area contributed by atoms with E-state index in [1.165, 1.54) is 6.07 Å². The molecule has 0 heterocycles. The minimum Gasteiger partial charge on any atom is -0.207 e. The van der Waals surface area contributed by atoms with Crippen LogP contribution in [0.5, 0.6) is 0 Å². The molecule has 0 N–H and O–H groups in total. The summed E-state index contributed by atoms with van der Waals surface area (Å²) in [4.78, 5) is 0. The molecule has 2 rings (SSSR count). The number of hydrogen-bond donors (Lipinski definition) is 0. The predicted octanol–water partition coefficient (Wildman–Crippen LogP) is 5.12. The third-order valence-electron chi connectivity index (χ3n) is 3.17. The van der Waals surface area contributed by atoms with E-state index in [9.17, 15) is 8.78 Å². The van der Waals surface area contributed by atoms with Crippen LogP contribution in [0.4, 0.5) is 8.78 Å². The molecule has 0 aliphatic heterocycles. The van der Waals surface area contributed by atoms with Crippen LogP contribution in [0.25, 0.3) is 0 Å². The lowest BCUT2D eigenvalue weighted by molar-refractivity contribution is 0.522. The van der Waals surface area contributed by atoms with E-state index >= 15 is 0 Å². The summed E-state index contributed by atoms with van der Waals surface area (Å²) in [5, 5.41) is -0.219. The highest BCUT2D eigenvalue weighted by atomic mass is 35.5. The molecular weight excluding hydrogens is 266 g/mol. The van der Waals surface area contributed by atoms with E-state index in [4.69, 9.17) is 11.6 Å². The van der Waals surface area contributed by atoms with E-state index in [1.807, 2.05) is 37.3 Å². The molecule has 2 unspecified atom stereocenters. The van der Waals surface area contributed by atoms with Crippen molar-refractivity contribution in [2.24, 2.45) is 5.92 Å². The Labute approximate surface area is 117 Å². The van der Waals surface area contributed by atoms with Gasteiger partial charge in [0.2, 0.25) is 0 Å². The SMILES string of the molecule is CC(Cc1cc(F)ccc1F)C(Cl)c1ccccc1. The van der Waals surface area contributed by atoms with Gasteiger partial charge in [0.25, 0.3) is 0 Å². The van der Waals surface area contributed by atoms with Crippen LogP contribution in [-0.2, 0) is 6.42 Å². The Hall–Kier alpha value is -1.41. The lowest BCUT2D eigenvalue weighted by Gasteiger charge is -2.18. The van der Waals surface area contributed by atoms with Gasteiger partial charge in [-0.3, -0.25) is 0 Å². The van der Waals surface area contributed by atoms with Crippen molar-refractivity contribution in [3.8, 4) is 0 Å². The summed E-state index contributed by atoms with van der Waals surface area (Å²) in [5.74, 6) is -0.792. The summed E-state index contributed by atoms with van der Waals surface area (Å²) in [5.41, 5.74) is 1.36. The molecule has 2 aromatic carbocycles. The Balaban J connectivity index is 2.12. The fraction of sp³-hybridized carbons (Fsp3) is 0.250. The van der Waals surface area contributed by atoms with Crippen molar-refractivity contribution in [3.05, 3.63) is 71.3 Å². The standard InChI is InChI=1S/C16H15ClF2/c1-11(16(17)12-5-3-2-4-6-12)9-13-10-14(18)7-8-15(13)19/h2-8,10-11,16H,9H2,1H3. The van der Waals surface area contributed by atoms with Crippen molar-refractivity contribution >= 4 is 11.6 Å². The highest BCUT2D eigenvalue weighted by Crippen LogP contribution is 2.31. The van der Waals surface area contributed by atoms with Gasteiger partial charge in [0.15, 0.2) is 0 Å². The molecule has 0 aliphatic rings. The topological polar surface area (TPSA) is 0 Å². The predicted molar refractivity (Wildman–Crippen MR) is 74.3 cm³/mol. The minimum atomic E-state index is -0.422. The van der Waals surface area contributed by atoms with Gasteiger partial charge in [-0.15, -0.1) is 11.6 Å². The van der Waals surface area contributed by atoms with Gasteiger partial charge < -0.3 is 0 Å². The average Bonchev–Trinajstić information content (AvgIpc) is 2.43. The fourth-order valence-corrected chi connectivity index (χ4v) is 2.35. The molecule has 3 heteroatoms. The molecule has 2 aromatic rings. The maximum atomic E-state index is 13.6. The van der Waals surface area contributed by atoms with Crippen molar-refractivity contribution in [1.82, 2.24) is 0 Å². The molecule has 2 atom stereocenters. The van der Waals surface area contributed by atoms with Crippen LogP contribution in [0.1, 0.15) is 23.4 Å². The molecule has 0 saturated heterocycles. The molecule has 0 amide bonds. The second kappa shape index (κ2) is 6.16. The van der Waals surface area contributed by atoms with E-state index in [0.717, 1.165) is 17.7 Å². The molecule has 0 radical (unpaired) electrons. The van der Waals surface area contributed by atoms with E-state index in [-0.39, 0.29) is 17.1 Å². The summed E-state index contributed by atoms with van der Waals surface area (Å²) in [6, 6.07) is 13.2. The second-order valence-electron chi connectivity index (χ2n) is 4.73. The van der Waals surface area contributed by atoms with Crippen LogP contribution in [0.15, 0.2) is 48.5 Å². The quantitative estimate of drug-likeness (QED) is 0.682. The van der Waals surface area contributed by atoms with E-state index in [0.29, 0.717) is 12.0 Å². The maximum Gasteiger partial charge on any atom is 0.126 e. The lowest BCUT2D eigenvalue weighted by atomic mass is 9.93. The van der Waals surface area contributed by atoms with Gasteiger partial charge in [-0.25, -0.2) is 8.78 Å². The Morgan fingerprint density at radius 3 is 2.42 bits per heavy atom. The molecule has 0 aromatic heterocycles. The monoisotopic (exact) mass is 280 g/mol. The fourth-order valence-electron chi connectivity index (χ4n) is 2.12. The third kappa shape index (κ3) is 3.54. The Morgan fingerprint density at radius 2 is 1.74 bits per heavy atom. The molecule has 0 nitrogen and oxygen atoms in total. The number of benzene rings is 2. The first-order valence-corrected chi connectivity index (χ1v) is 6.64. The van der Waals surface area contributed by atoms with Gasteiger partial charge in [0.1, 0.15) is 11.6 Å².